The van der Waals surface area contributed by atoms with Crippen LogP contribution in [-0.2, 0) is 9.53 Å². The Kier molecular flexibility index (Phi) is 3.22. The molecular formula is C16H20NO4+. The lowest BCUT2D eigenvalue weighted by molar-refractivity contribution is -0.920. The fourth-order valence-electron chi connectivity index (χ4n) is 3.57. The summed E-state index contributed by atoms with van der Waals surface area (Å²) in [5.41, 5.74) is 0. The highest BCUT2D eigenvalue weighted by molar-refractivity contribution is 5.76. The highest BCUT2D eigenvalue weighted by atomic mass is 16.6. The van der Waals surface area contributed by atoms with Gasteiger partial charge in [-0.15, -0.1) is 0 Å². The number of carbonyl (C=O) groups excluding carboxylic acids is 1. The number of para-hydroxylation sites is 2. The normalized spacial score (nSPS) is 33.5. The van der Waals surface area contributed by atoms with Crippen LogP contribution in [0.5, 0.6) is 11.5 Å². The fourth-order valence-corrected chi connectivity index (χ4v) is 3.57. The van der Waals surface area contributed by atoms with E-state index in [4.69, 9.17) is 14.2 Å². The molecule has 3 saturated heterocycles. The number of hydrogen-bond acceptors (Lipinski definition) is 4. The van der Waals surface area contributed by atoms with E-state index in [1.54, 1.807) is 4.90 Å². The van der Waals surface area contributed by atoms with Gasteiger partial charge in [0.2, 0.25) is 6.10 Å². The topological polar surface area (TPSA) is 49.2 Å². The number of quaternary nitrogens is 1. The van der Waals surface area contributed by atoms with Gasteiger partial charge in [-0.05, 0) is 12.1 Å². The van der Waals surface area contributed by atoms with Crippen molar-refractivity contribution in [3.63, 3.8) is 0 Å². The van der Waals surface area contributed by atoms with E-state index in [9.17, 15) is 4.79 Å². The van der Waals surface area contributed by atoms with E-state index >= 15 is 0 Å². The highest BCUT2D eigenvalue weighted by Crippen LogP contribution is 2.31. The first-order chi connectivity index (χ1) is 10.3. The number of carbonyl (C=O) groups is 1. The largest absolute Gasteiger partial charge is 0.485 e. The average molecular weight is 290 g/mol. The van der Waals surface area contributed by atoms with Gasteiger partial charge in [0.25, 0.3) is 0 Å². The molecule has 0 aliphatic carbocycles. The molecule has 4 aliphatic heterocycles. The van der Waals surface area contributed by atoms with Gasteiger partial charge in [0.05, 0.1) is 13.1 Å². The molecule has 4 aliphatic rings. The maximum atomic E-state index is 12.3. The molecule has 0 saturated carbocycles. The van der Waals surface area contributed by atoms with Crippen molar-refractivity contribution in [1.82, 2.24) is 0 Å². The second-order valence-electron chi connectivity index (χ2n) is 6.13. The van der Waals surface area contributed by atoms with E-state index in [1.807, 2.05) is 24.3 Å². The van der Waals surface area contributed by atoms with Crippen LogP contribution in [0.15, 0.2) is 24.3 Å². The summed E-state index contributed by atoms with van der Waals surface area (Å²) < 4.78 is 17.0. The van der Waals surface area contributed by atoms with E-state index in [0.29, 0.717) is 17.4 Å². The third-order valence-electron chi connectivity index (χ3n) is 4.79. The number of piperidine rings is 3. The molecule has 1 aromatic rings. The third-order valence-corrected chi connectivity index (χ3v) is 4.79. The predicted octanol–water partition coefficient (Wildman–Crippen LogP) is 0.0467. The lowest BCUT2D eigenvalue weighted by Gasteiger charge is -2.41. The van der Waals surface area contributed by atoms with E-state index in [-0.39, 0.29) is 18.7 Å². The smallest absolute Gasteiger partial charge is 0.351 e. The summed E-state index contributed by atoms with van der Waals surface area (Å²) in [5.74, 6) is 1.55. The average Bonchev–Trinajstić information content (AvgIpc) is 2.55. The molecule has 0 spiro atoms. The standard InChI is InChI=1S/C16H19NO4/c18-16(21-14-9-17-7-5-11(14)6-8-17)15-10-19-12-3-1-2-4-13(12)20-15/h1-4,11,14-15H,5-10H2/p+1/t14-,15-/m0/s1. The van der Waals surface area contributed by atoms with E-state index < -0.39 is 6.10 Å². The Labute approximate surface area is 123 Å². The molecule has 5 heteroatoms. The lowest BCUT2D eigenvalue weighted by atomic mass is 9.86. The van der Waals surface area contributed by atoms with Crippen LogP contribution in [0.1, 0.15) is 12.8 Å². The van der Waals surface area contributed by atoms with Crippen molar-refractivity contribution < 1.29 is 23.9 Å². The number of ether oxygens (including phenoxy) is 3. The minimum Gasteiger partial charge on any atom is -0.485 e. The number of nitrogens with one attached hydrogen (secondary N) is 1. The maximum Gasteiger partial charge on any atom is 0.351 e. The monoisotopic (exact) mass is 290 g/mol. The summed E-state index contributed by atoms with van der Waals surface area (Å²) in [6.45, 7) is 3.61. The molecule has 2 atom stereocenters. The third kappa shape index (κ3) is 2.46. The van der Waals surface area contributed by atoms with Gasteiger partial charge in [-0.1, -0.05) is 12.1 Å². The van der Waals surface area contributed by atoms with Crippen LogP contribution in [0.2, 0.25) is 0 Å². The first kappa shape index (κ1) is 13.0. The molecule has 0 unspecified atom stereocenters. The van der Waals surface area contributed by atoms with Gasteiger partial charge in [0.1, 0.15) is 13.2 Å². The Balaban J connectivity index is 1.40. The molecular weight excluding hydrogens is 270 g/mol. The Hall–Kier alpha value is -1.75. The maximum absolute atomic E-state index is 12.3. The summed E-state index contributed by atoms with van der Waals surface area (Å²) in [7, 11) is 0. The van der Waals surface area contributed by atoms with Crippen molar-refractivity contribution in [3.8, 4) is 11.5 Å². The summed E-state index contributed by atoms with van der Waals surface area (Å²) in [6, 6.07) is 7.41. The second kappa shape index (κ2) is 5.22. The van der Waals surface area contributed by atoms with Crippen molar-refractivity contribution in [2.24, 2.45) is 5.92 Å². The minimum absolute atomic E-state index is 0.0516. The minimum atomic E-state index is -0.648. The summed E-state index contributed by atoms with van der Waals surface area (Å²) in [4.78, 5) is 13.9. The zero-order valence-electron chi connectivity index (χ0n) is 11.9. The van der Waals surface area contributed by atoms with Crippen molar-refractivity contribution in [3.05, 3.63) is 24.3 Å². The zero-order valence-corrected chi connectivity index (χ0v) is 11.9. The zero-order chi connectivity index (χ0) is 14.2. The molecule has 1 aromatic carbocycles. The molecule has 21 heavy (non-hydrogen) atoms. The van der Waals surface area contributed by atoms with Crippen molar-refractivity contribution in [2.45, 2.75) is 25.0 Å². The number of hydrogen-bond donors (Lipinski definition) is 1. The first-order valence-corrected chi connectivity index (χ1v) is 7.72. The molecule has 1 N–H and O–H groups in total. The van der Waals surface area contributed by atoms with Crippen LogP contribution >= 0.6 is 0 Å². The summed E-state index contributed by atoms with van der Waals surface area (Å²) in [5, 5.41) is 0. The molecule has 0 radical (unpaired) electrons. The van der Waals surface area contributed by atoms with E-state index in [2.05, 4.69) is 0 Å². The van der Waals surface area contributed by atoms with Gasteiger partial charge < -0.3 is 19.1 Å². The van der Waals surface area contributed by atoms with E-state index in [1.165, 1.54) is 13.1 Å². The lowest BCUT2D eigenvalue weighted by Crippen LogP contribution is -3.16. The van der Waals surface area contributed by atoms with Gasteiger partial charge in [0.15, 0.2) is 17.6 Å². The number of rotatable bonds is 2. The van der Waals surface area contributed by atoms with Crippen LogP contribution in [-0.4, -0.2) is 44.4 Å². The van der Waals surface area contributed by atoms with Crippen molar-refractivity contribution in [2.75, 3.05) is 26.2 Å². The van der Waals surface area contributed by atoms with Crippen LogP contribution in [0.3, 0.4) is 0 Å². The van der Waals surface area contributed by atoms with Gasteiger partial charge in [-0.25, -0.2) is 4.79 Å². The van der Waals surface area contributed by atoms with Crippen molar-refractivity contribution >= 4 is 5.97 Å². The van der Waals surface area contributed by atoms with Gasteiger partial charge in [0, 0.05) is 18.8 Å². The number of esters is 1. The fraction of sp³-hybridized carbons (Fsp3) is 0.562. The Morgan fingerprint density at radius 2 is 1.95 bits per heavy atom. The van der Waals surface area contributed by atoms with Crippen LogP contribution in [0, 0.1) is 5.92 Å². The predicted molar refractivity (Wildman–Crippen MR) is 74.5 cm³/mol. The number of fused-ring (bicyclic) bond motifs is 4. The van der Waals surface area contributed by atoms with Crippen LogP contribution in [0.25, 0.3) is 0 Å². The van der Waals surface area contributed by atoms with Crippen molar-refractivity contribution in [1.29, 1.82) is 0 Å². The van der Waals surface area contributed by atoms with Gasteiger partial charge in [-0.3, -0.25) is 0 Å². The Morgan fingerprint density at radius 3 is 2.67 bits per heavy atom. The first-order valence-electron chi connectivity index (χ1n) is 7.72. The molecule has 112 valence electrons. The Bertz CT molecular complexity index is 539. The molecule has 2 bridgehead atoms. The summed E-state index contributed by atoms with van der Waals surface area (Å²) in [6.07, 6.45) is 1.73. The molecule has 0 amide bonds. The number of benzene rings is 1. The van der Waals surface area contributed by atoms with Gasteiger partial charge in [-0.2, -0.15) is 0 Å². The molecule has 4 heterocycles. The van der Waals surface area contributed by atoms with Crippen LogP contribution < -0.4 is 14.4 Å². The second-order valence-corrected chi connectivity index (χ2v) is 6.13. The van der Waals surface area contributed by atoms with E-state index in [0.717, 1.165) is 19.4 Å². The molecule has 3 fully saturated rings. The molecule has 0 aromatic heterocycles. The SMILES string of the molecule is O=C(O[C@H]1C[NH+]2CCC1CC2)[C@@H]1COc2ccccc2O1. The highest BCUT2D eigenvalue weighted by Gasteiger charge is 2.41. The van der Waals surface area contributed by atoms with Gasteiger partial charge >= 0.3 is 5.97 Å². The Morgan fingerprint density at radius 1 is 1.19 bits per heavy atom. The molecule has 5 nitrogen and oxygen atoms in total. The van der Waals surface area contributed by atoms with Crippen LogP contribution in [0.4, 0.5) is 0 Å². The summed E-state index contributed by atoms with van der Waals surface area (Å²) >= 11 is 0. The quantitative estimate of drug-likeness (QED) is 0.782. The molecule has 5 rings (SSSR count).